The van der Waals surface area contributed by atoms with Crippen molar-refractivity contribution in [1.29, 1.82) is 0 Å². The highest BCUT2D eigenvalue weighted by Crippen LogP contribution is 2.36. The smallest absolute Gasteiger partial charge is 0.232 e. The Hall–Kier alpha value is -1.46. The van der Waals surface area contributed by atoms with Crippen molar-refractivity contribution in [3.63, 3.8) is 0 Å². The van der Waals surface area contributed by atoms with Gasteiger partial charge in [-0.05, 0) is 43.1 Å². The number of halogens is 1. The topological polar surface area (TPSA) is 44.4 Å². The van der Waals surface area contributed by atoms with Gasteiger partial charge in [0, 0.05) is 31.9 Å². The minimum absolute atomic E-state index is 0.0118. The molecule has 0 bridgehead atoms. The predicted octanol–water partition coefficient (Wildman–Crippen LogP) is 1.94. The molecule has 2 heterocycles. The second-order valence-corrected chi connectivity index (χ2v) is 5.86. The van der Waals surface area contributed by atoms with Crippen molar-refractivity contribution < 1.29 is 9.18 Å². The van der Waals surface area contributed by atoms with E-state index in [9.17, 15) is 9.18 Å². The summed E-state index contributed by atoms with van der Waals surface area (Å²) in [6.45, 7) is 5.44. The number of hydrogen-bond acceptors (Lipinski definition) is 3. The Morgan fingerprint density at radius 3 is 2.86 bits per heavy atom. The second-order valence-electron chi connectivity index (χ2n) is 5.86. The van der Waals surface area contributed by atoms with Crippen LogP contribution in [-0.4, -0.2) is 43.5 Å². The molecular formula is C16H22FN3O. The van der Waals surface area contributed by atoms with Crippen LogP contribution in [-0.2, 0) is 4.79 Å². The zero-order chi connectivity index (χ0) is 14.7. The first kappa shape index (κ1) is 14.5. The first-order chi connectivity index (χ1) is 10.2. The molecule has 1 saturated heterocycles. The Morgan fingerprint density at radius 2 is 2.05 bits per heavy atom. The molecule has 3 rings (SSSR count). The summed E-state index contributed by atoms with van der Waals surface area (Å²) in [4.78, 5) is 14.4. The lowest BCUT2D eigenvalue weighted by atomic mass is 9.95. The van der Waals surface area contributed by atoms with Crippen LogP contribution in [0.1, 0.15) is 30.7 Å². The van der Waals surface area contributed by atoms with Crippen LogP contribution in [0.2, 0.25) is 0 Å². The summed E-state index contributed by atoms with van der Waals surface area (Å²) in [6, 6.07) is 4.55. The van der Waals surface area contributed by atoms with Crippen LogP contribution < -0.4 is 10.6 Å². The number of unbranched alkanes of at least 4 members (excludes halogenated alkanes) is 1. The van der Waals surface area contributed by atoms with Gasteiger partial charge in [-0.15, -0.1) is 0 Å². The number of benzene rings is 1. The van der Waals surface area contributed by atoms with Crippen molar-refractivity contribution in [3.8, 4) is 0 Å². The van der Waals surface area contributed by atoms with Crippen LogP contribution in [0.5, 0.6) is 0 Å². The van der Waals surface area contributed by atoms with Gasteiger partial charge in [-0.1, -0.05) is 6.42 Å². The lowest BCUT2D eigenvalue weighted by Gasteiger charge is -2.27. The molecule has 1 fully saturated rings. The first-order valence-corrected chi connectivity index (χ1v) is 7.77. The van der Waals surface area contributed by atoms with Gasteiger partial charge in [0.05, 0.1) is 5.92 Å². The first-order valence-electron chi connectivity index (χ1n) is 7.77. The molecule has 0 radical (unpaired) electrons. The van der Waals surface area contributed by atoms with Gasteiger partial charge >= 0.3 is 0 Å². The van der Waals surface area contributed by atoms with Crippen LogP contribution in [0, 0.1) is 5.82 Å². The zero-order valence-electron chi connectivity index (χ0n) is 12.2. The number of fused-ring (bicyclic) bond motifs is 1. The van der Waals surface area contributed by atoms with E-state index in [2.05, 4.69) is 15.5 Å². The molecule has 21 heavy (non-hydrogen) atoms. The molecule has 1 aromatic rings. The van der Waals surface area contributed by atoms with Crippen molar-refractivity contribution in [2.24, 2.45) is 0 Å². The molecule has 4 nitrogen and oxygen atoms in total. The molecule has 1 aromatic carbocycles. The van der Waals surface area contributed by atoms with E-state index in [1.165, 1.54) is 12.1 Å². The van der Waals surface area contributed by atoms with E-state index in [0.29, 0.717) is 0 Å². The van der Waals surface area contributed by atoms with Crippen molar-refractivity contribution in [2.45, 2.75) is 25.2 Å². The monoisotopic (exact) mass is 291 g/mol. The molecular weight excluding hydrogens is 269 g/mol. The molecule has 2 aliphatic rings. The lowest BCUT2D eigenvalue weighted by Crippen LogP contribution is -2.43. The summed E-state index contributed by atoms with van der Waals surface area (Å²) in [6.07, 6.45) is 2.89. The fraction of sp³-hybridized carbons (Fsp3) is 0.562. The summed E-state index contributed by atoms with van der Waals surface area (Å²) in [5, 5.41) is 6.18. The fourth-order valence-electron chi connectivity index (χ4n) is 3.20. The number of rotatable bonds is 5. The average Bonchev–Trinajstić information content (AvgIpc) is 2.80. The van der Waals surface area contributed by atoms with Crippen molar-refractivity contribution >= 4 is 11.6 Å². The largest absolute Gasteiger partial charge is 0.325 e. The summed E-state index contributed by atoms with van der Waals surface area (Å²) in [7, 11) is 0. The van der Waals surface area contributed by atoms with Gasteiger partial charge < -0.3 is 15.5 Å². The van der Waals surface area contributed by atoms with Crippen LogP contribution in [0.4, 0.5) is 10.1 Å². The quantitative estimate of drug-likeness (QED) is 0.815. The molecule has 0 aromatic heterocycles. The molecule has 0 spiro atoms. The Balaban J connectivity index is 1.49. The Morgan fingerprint density at radius 1 is 1.24 bits per heavy atom. The van der Waals surface area contributed by atoms with Gasteiger partial charge in [0.2, 0.25) is 5.91 Å². The summed E-state index contributed by atoms with van der Waals surface area (Å²) in [5.41, 5.74) is 1.59. The van der Waals surface area contributed by atoms with Crippen molar-refractivity contribution in [3.05, 3.63) is 29.6 Å². The van der Waals surface area contributed by atoms with E-state index in [0.717, 1.165) is 63.2 Å². The standard InChI is InChI=1S/C16H22FN3O/c17-12-4-5-15-14(11-12)13(16(21)19-15)3-1-2-8-20-9-6-18-7-10-20/h4-5,11,13,18H,1-3,6-10H2,(H,19,21). The van der Waals surface area contributed by atoms with Gasteiger partial charge in [0.25, 0.3) is 0 Å². The predicted molar refractivity (Wildman–Crippen MR) is 80.9 cm³/mol. The molecule has 1 unspecified atom stereocenters. The molecule has 1 amide bonds. The highest BCUT2D eigenvalue weighted by Gasteiger charge is 2.30. The van der Waals surface area contributed by atoms with Crippen molar-refractivity contribution in [1.82, 2.24) is 10.2 Å². The SMILES string of the molecule is O=C1Nc2ccc(F)cc2C1CCCCN1CCNCC1. The van der Waals surface area contributed by atoms with E-state index in [1.807, 2.05) is 0 Å². The number of nitrogens with zero attached hydrogens (tertiary/aromatic N) is 1. The number of amides is 1. The van der Waals surface area contributed by atoms with E-state index in [4.69, 9.17) is 0 Å². The number of nitrogens with one attached hydrogen (secondary N) is 2. The van der Waals surface area contributed by atoms with Crippen LogP contribution >= 0.6 is 0 Å². The number of hydrogen-bond donors (Lipinski definition) is 2. The lowest BCUT2D eigenvalue weighted by molar-refractivity contribution is -0.117. The Labute approximate surface area is 124 Å². The molecule has 0 aliphatic carbocycles. The average molecular weight is 291 g/mol. The summed E-state index contributed by atoms with van der Waals surface area (Å²) >= 11 is 0. The van der Waals surface area contributed by atoms with Gasteiger partial charge in [-0.2, -0.15) is 0 Å². The van der Waals surface area contributed by atoms with Crippen LogP contribution in [0.15, 0.2) is 18.2 Å². The van der Waals surface area contributed by atoms with E-state index in [-0.39, 0.29) is 17.6 Å². The maximum atomic E-state index is 13.3. The minimum Gasteiger partial charge on any atom is -0.325 e. The third-order valence-corrected chi connectivity index (χ3v) is 4.39. The molecule has 1 atom stereocenters. The number of anilines is 1. The maximum absolute atomic E-state index is 13.3. The third-order valence-electron chi connectivity index (χ3n) is 4.39. The molecule has 5 heteroatoms. The van der Waals surface area contributed by atoms with Gasteiger partial charge in [-0.3, -0.25) is 4.79 Å². The second kappa shape index (κ2) is 6.54. The molecule has 0 saturated carbocycles. The summed E-state index contributed by atoms with van der Waals surface area (Å²) < 4.78 is 13.3. The maximum Gasteiger partial charge on any atom is 0.232 e. The van der Waals surface area contributed by atoms with E-state index in [1.54, 1.807) is 6.07 Å². The highest BCUT2D eigenvalue weighted by atomic mass is 19.1. The van der Waals surface area contributed by atoms with E-state index >= 15 is 0 Å². The number of carbonyl (C=O) groups excluding carboxylic acids is 1. The van der Waals surface area contributed by atoms with E-state index < -0.39 is 0 Å². The van der Waals surface area contributed by atoms with Gasteiger partial charge in [0.1, 0.15) is 5.82 Å². The molecule has 114 valence electrons. The number of carbonyl (C=O) groups is 1. The Bertz CT molecular complexity index is 514. The normalized spacial score (nSPS) is 22.1. The van der Waals surface area contributed by atoms with Gasteiger partial charge in [-0.25, -0.2) is 4.39 Å². The number of piperazine rings is 1. The third kappa shape index (κ3) is 3.41. The Kier molecular flexibility index (Phi) is 4.51. The minimum atomic E-state index is -0.268. The zero-order valence-corrected chi connectivity index (χ0v) is 12.2. The highest BCUT2D eigenvalue weighted by molar-refractivity contribution is 6.02. The van der Waals surface area contributed by atoms with Crippen LogP contribution in [0.25, 0.3) is 0 Å². The van der Waals surface area contributed by atoms with Crippen molar-refractivity contribution in [2.75, 3.05) is 38.0 Å². The van der Waals surface area contributed by atoms with Crippen LogP contribution in [0.3, 0.4) is 0 Å². The van der Waals surface area contributed by atoms with Gasteiger partial charge in [0.15, 0.2) is 0 Å². The molecule has 2 N–H and O–H groups in total. The molecule has 2 aliphatic heterocycles. The fourth-order valence-corrected chi connectivity index (χ4v) is 3.20. The summed E-state index contributed by atoms with van der Waals surface area (Å²) in [5.74, 6) is -0.437.